The molecule has 3 N–H and O–H groups in total. The van der Waals surface area contributed by atoms with E-state index in [1.165, 1.54) is 4.68 Å². The molecule has 0 aliphatic carbocycles. The molecule has 5 nitrogen and oxygen atoms in total. The number of pyridine rings is 1. The Hall–Kier alpha value is -2.02. The summed E-state index contributed by atoms with van der Waals surface area (Å²) >= 11 is 0. The van der Waals surface area contributed by atoms with E-state index in [1.807, 2.05) is 19.9 Å². The van der Waals surface area contributed by atoms with Crippen molar-refractivity contribution in [3.8, 4) is 5.82 Å². The average Bonchev–Trinajstić information content (AvgIpc) is 2.82. The number of anilines is 1. The molecule has 0 radical (unpaired) electrons. The van der Waals surface area contributed by atoms with Gasteiger partial charge in [0.25, 0.3) is 0 Å². The maximum absolute atomic E-state index is 13.9. The molecule has 0 fully saturated rings. The summed E-state index contributed by atoms with van der Waals surface area (Å²) in [6.45, 7) is 3.88. The molecule has 19 heavy (non-hydrogen) atoms. The van der Waals surface area contributed by atoms with Crippen LogP contribution in [0.5, 0.6) is 0 Å². The summed E-state index contributed by atoms with van der Waals surface area (Å²) in [5.41, 5.74) is 3.72. The number of nitrogens with two attached hydrogens (primary N) is 1. The molecule has 0 aliphatic heterocycles. The molecule has 0 atom stereocenters. The Labute approximate surface area is 109 Å². The number of aromatic nitrogens is 3. The number of nitrogens with one attached hydrogen (secondary N) is 1. The molecular formula is C12H15F2N5. The Kier molecular flexibility index (Phi) is 3.75. The van der Waals surface area contributed by atoms with Crippen LogP contribution in [0.1, 0.15) is 25.2 Å². The van der Waals surface area contributed by atoms with Crippen molar-refractivity contribution >= 4 is 5.82 Å². The van der Waals surface area contributed by atoms with E-state index in [2.05, 4.69) is 15.5 Å². The van der Waals surface area contributed by atoms with Crippen LogP contribution in [0.3, 0.4) is 0 Å². The second kappa shape index (κ2) is 5.31. The van der Waals surface area contributed by atoms with Crippen molar-refractivity contribution in [2.75, 3.05) is 5.43 Å². The summed E-state index contributed by atoms with van der Waals surface area (Å²) < 4.78 is 28.6. The van der Waals surface area contributed by atoms with Crippen molar-refractivity contribution in [1.29, 1.82) is 0 Å². The van der Waals surface area contributed by atoms with E-state index < -0.39 is 11.6 Å². The van der Waals surface area contributed by atoms with Gasteiger partial charge in [-0.25, -0.2) is 24.3 Å². The normalized spacial score (nSPS) is 10.8. The highest BCUT2D eigenvalue weighted by Gasteiger charge is 2.16. The van der Waals surface area contributed by atoms with Crippen LogP contribution < -0.4 is 11.3 Å². The van der Waals surface area contributed by atoms with Crippen LogP contribution in [0, 0.1) is 11.6 Å². The van der Waals surface area contributed by atoms with E-state index in [0.29, 0.717) is 6.42 Å². The zero-order valence-corrected chi connectivity index (χ0v) is 10.7. The van der Waals surface area contributed by atoms with E-state index in [1.54, 1.807) is 0 Å². The third-order valence-corrected chi connectivity index (χ3v) is 2.81. The summed E-state index contributed by atoms with van der Waals surface area (Å²) in [5.74, 6) is 3.24. The van der Waals surface area contributed by atoms with E-state index in [4.69, 9.17) is 5.84 Å². The fourth-order valence-electron chi connectivity index (χ4n) is 1.79. The van der Waals surface area contributed by atoms with Crippen molar-refractivity contribution in [2.45, 2.75) is 26.7 Å². The standard InChI is InChI=1S/C12H15F2N5/c1-3-7-5-8(4-2)19(18-7)12-10(14)6-9(13)11(16-12)17-15/h5-6H,3-4,15H2,1-2H3,(H,16,17). The highest BCUT2D eigenvalue weighted by atomic mass is 19.1. The van der Waals surface area contributed by atoms with Crippen molar-refractivity contribution in [2.24, 2.45) is 5.84 Å². The number of halogens is 2. The fraction of sp³-hybridized carbons (Fsp3) is 0.333. The summed E-state index contributed by atoms with van der Waals surface area (Å²) in [6, 6.07) is 2.62. The first-order chi connectivity index (χ1) is 9.10. The highest BCUT2D eigenvalue weighted by Crippen LogP contribution is 2.20. The fourth-order valence-corrected chi connectivity index (χ4v) is 1.79. The molecule has 0 unspecified atom stereocenters. The minimum Gasteiger partial charge on any atom is -0.306 e. The van der Waals surface area contributed by atoms with Gasteiger partial charge in [-0.1, -0.05) is 13.8 Å². The third kappa shape index (κ3) is 2.41. The lowest BCUT2D eigenvalue weighted by Crippen LogP contribution is -2.14. The van der Waals surface area contributed by atoms with Crippen LogP contribution >= 0.6 is 0 Å². The zero-order chi connectivity index (χ0) is 14.0. The third-order valence-electron chi connectivity index (χ3n) is 2.81. The number of hydrazine groups is 1. The maximum atomic E-state index is 13.9. The predicted molar refractivity (Wildman–Crippen MR) is 67.8 cm³/mol. The van der Waals surface area contributed by atoms with Crippen LogP contribution in [0.25, 0.3) is 5.82 Å². The average molecular weight is 267 g/mol. The first-order valence-electron chi connectivity index (χ1n) is 6.01. The van der Waals surface area contributed by atoms with Crippen molar-refractivity contribution in [3.05, 3.63) is 35.2 Å². The Morgan fingerprint density at radius 2 is 1.95 bits per heavy atom. The van der Waals surface area contributed by atoms with Gasteiger partial charge in [0.05, 0.1) is 5.69 Å². The molecule has 0 amide bonds. The van der Waals surface area contributed by atoms with Gasteiger partial charge in [-0.3, -0.25) is 0 Å². The summed E-state index contributed by atoms with van der Waals surface area (Å²) in [6.07, 6.45) is 1.39. The van der Waals surface area contributed by atoms with Gasteiger partial charge in [0.2, 0.25) is 0 Å². The van der Waals surface area contributed by atoms with Crippen LogP contribution in [-0.4, -0.2) is 14.8 Å². The van der Waals surface area contributed by atoms with Crippen molar-refractivity contribution < 1.29 is 8.78 Å². The minimum atomic E-state index is -0.843. The van der Waals surface area contributed by atoms with Gasteiger partial charge < -0.3 is 5.43 Å². The van der Waals surface area contributed by atoms with Crippen molar-refractivity contribution in [3.63, 3.8) is 0 Å². The summed E-state index contributed by atoms with van der Waals surface area (Å²) in [7, 11) is 0. The monoisotopic (exact) mass is 267 g/mol. The molecular weight excluding hydrogens is 252 g/mol. The topological polar surface area (TPSA) is 68.8 Å². The number of hydrogen-bond donors (Lipinski definition) is 2. The van der Waals surface area contributed by atoms with Gasteiger partial charge in [0.15, 0.2) is 23.3 Å². The van der Waals surface area contributed by atoms with Crippen LogP contribution in [0.2, 0.25) is 0 Å². The summed E-state index contributed by atoms with van der Waals surface area (Å²) in [5, 5.41) is 4.26. The molecule has 0 aromatic carbocycles. The SMILES string of the molecule is CCc1cc(CC)n(-c2nc(NN)c(F)cc2F)n1. The van der Waals surface area contributed by atoms with Crippen LogP contribution in [0.15, 0.2) is 12.1 Å². The maximum Gasteiger partial charge on any atom is 0.192 e. The van der Waals surface area contributed by atoms with E-state index in [-0.39, 0.29) is 11.6 Å². The van der Waals surface area contributed by atoms with Gasteiger partial charge in [-0.05, 0) is 18.9 Å². The predicted octanol–water partition coefficient (Wildman–Crippen LogP) is 1.96. The number of rotatable bonds is 4. The molecule has 0 saturated heterocycles. The van der Waals surface area contributed by atoms with Gasteiger partial charge in [-0.15, -0.1) is 0 Å². The van der Waals surface area contributed by atoms with Crippen molar-refractivity contribution in [1.82, 2.24) is 14.8 Å². The second-order valence-corrected chi connectivity index (χ2v) is 4.01. The van der Waals surface area contributed by atoms with Gasteiger partial charge in [-0.2, -0.15) is 5.10 Å². The Bertz CT molecular complexity index is 594. The number of hydrogen-bond acceptors (Lipinski definition) is 4. The van der Waals surface area contributed by atoms with Crippen LogP contribution in [0.4, 0.5) is 14.6 Å². The molecule has 2 heterocycles. The quantitative estimate of drug-likeness (QED) is 0.656. The molecule has 0 aliphatic rings. The zero-order valence-electron chi connectivity index (χ0n) is 10.7. The molecule has 0 saturated carbocycles. The molecule has 0 spiro atoms. The number of nitrogens with zero attached hydrogens (tertiary/aromatic N) is 3. The first-order valence-corrected chi connectivity index (χ1v) is 6.01. The second-order valence-electron chi connectivity index (χ2n) is 4.01. The van der Waals surface area contributed by atoms with Crippen LogP contribution in [-0.2, 0) is 12.8 Å². The Balaban J connectivity index is 2.60. The lowest BCUT2D eigenvalue weighted by atomic mass is 10.2. The first kappa shape index (κ1) is 13.4. The molecule has 102 valence electrons. The largest absolute Gasteiger partial charge is 0.306 e. The molecule has 0 bridgehead atoms. The lowest BCUT2D eigenvalue weighted by molar-refractivity contribution is 0.560. The van der Waals surface area contributed by atoms with Gasteiger partial charge in [0, 0.05) is 11.8 Å². The smallest absolute Gasteiger partial charge is 0.192 e. The number of nitrogen functional groups attached to an aromatic ring is 1. The Morgan fingerprint density at radius 1 is 1.21 bits per heavy atom. The molecule has 2 aromatic heterocycles. The molecule has 2 aromatic rings. The minimum absolute atomic E-state index is 0.0640. The molecule has 7 heteroatoms. The van der Waals surface area contributed by atoms with Gasteiger partial charge in [0.1, 0.15) is 0 Å². The van der Waals surface area contributed by atoms with E-state index in [0.717, 1.165) is 23.9 Å². The highest BCUT2D eigenvalue weighted by molar-refractivity contribution is 5.41. The summed E-state index contributed by atoms with van der Waals surface area (Å²) in [4.78, 5) is 3.83. The number of aryl methyl sites for hydroxylation is 2. The van der Waals surface area contributed by atoms with E-state index in [9.17, 15) is 8.78 Å². The lowest BCUT2D eigenvalue weighted by Gasteiger charge is -2.09. The molecule has 2 rings (SSSR count). The van der Waals surface area contributed by atoms with Gasteiger partial charge >= 0.3 is 0 Å². The Morgan fingerprint density at radius 3 is 2.53 bits per heavy atom. The van der Waals surface area contributed by atoms with E-state index >= 15 is 0 Å².